The Hall–Kier alpha value is -2.13. The fourth-order valence-corrected chi connectivity index (χ4v) is 4.27. The third-order valence-electron chi connectivity index (χ3n) is 5.97. The first-order valence-corrected chi connectivity index (χ1v) is 9.08. The highest BCUT2D eigenvalue weighted by atomic mass is 16.3. The molecule has 2 fully saturated rings. The molecule has 1 heterocycles. The van der Waals surface area contributed by atoms with Gasteiger partial charge in [-0.2, -0.15) is 0 Å². The molecule has 1 saturated heterocycles. The van der Waals surface area contributed by atoms with E-state index < -0.39 is 5.60 Å². The molecule has 1 saturated carbocycles. The summed E-state index contributed by atoms with van der Waals surface area (Å²) in [7, 11) is 0. The Morgan fingerprint density at radius 2 is 1.84 bits per heavy atom. The van der Waals surface area contributed by atoms with Crippen LogP contribution in [0.25, 0.3) is 0 Å². The van der Waals surface area contributed by atoms with E-state index in [9.17, 15) is 9.90 Å². The summed E-state index contributed by atoms with van der Waals surface area (Å²) in [4.78, 5) is 14.8. The van der Waals surface area contributed by atoms with Gasteiger partial charge in [0.05, 0.1) is 5.60 Å². The van der Waals surface area contributed by atoms with E-state index >= 15 is 0 Å². The van der Waals surface area contributed by atoms with Gasteiger partial charge >= 0.3 is 0 Å². The van der Waals surface area contributed by atoms with Gasteiger partial charge in [0.2, 0.25) is 0 Å². The molecule has 2 unspecified atom stereocenters. The van der Waals surface area contributed by atoms with Crippen LogP contribution in [0.15, 0.2) is 54.6 Å². The fraction of sp³-hybridized carbons (Fsp3) is 0.409. The fourth-order valence-electron chi connectivity index (χ4n) is 4.27. The van der Waals surface area contributed by atoms with Gasteiger partial charge in [-0.1, -0.05) is 42.5 Å². The Morgan fingerprint density at radius 1 is 1.16 bits per heavy atom. The highest BCUT2D eigenvalue weighted by molar-refractivity contribution is 5.94. The van der Waals surface area contributed by atoms with Crippen LogP contribution in [-0.2, 0) is 11.0 Å². The average molecular weight is 337 g/mol. The lowest BCUT2D eigenvalue weighted by Crippen LogP contribution is -2.40. The van der Waals surface area contributed by atoms with Crippen molar-refractivity contribution in [3.05, 3.63) is 71.3 Å². The molecule has 2 aliphatic rings. The second kappa shape index (κ2) is 5.70. The zero-order valence-electron chi connectivity index (χ0n) is 14.9. The smallest absolute Gasteiger partial charge is 0.253 e. The van der Waals surface area contributed by atoms with Crippen LogP contribution >= 0.6 is 0 Å². The van der Waals surface area contributed by atoms with Crippen LogP contribution < -0.4 is 0 Å². The molecule has 2 aromatic carbocycles. The first-order valence-electron chi connectivity index (χ1n) is 9.08. The average Bonchev–Trinajstić information content (AvgIpc) is 3.36. The monoisotopic (exact) mass is 337 g/mol. The van der Waals surface area contributed by atoms with E-state index in [0.29, 0.717) is 16.9 Å². The molecule has 0 spiro atoms. The number of nitrogens with zero attached hydrogens (tertiary/aromatic N) is 1. The van der Waals surface area contributed by atoms with E-state index in [1.54, 1.807) is 13.8 Å². The van der Waals surface area contributed by atoms with Gasteiger partial charge in [-0.25, -0.2) is 0 Å². The molecule has 1 N–H and O–H groups in total. The van der Waals surface area contributed by atoms with Crippen LogP contribution in [0.1, 0.15) is 49.6 Å². The Bertz CT molecular complexity index is 782. The zero-order valence-corrected chi connectivity index (χ0v) is 14.9. The molecule has 4 rings (SSSR count). The minimum absolute atomic E-state index is 0. The lowest BCUT2D eigenvalue weighted by molar-refractivity contribution is 0.0703. The topological polar surface area (TPSA) is 40.5 Å². The third-order valence-corrected chi connectivity index (χ3v) is 5.97. The minimum Gasteiger partial charge on any atom is -0.386 e. The second-order valence-electron chi connectivity index (χ2n) is 8.06. The maximum Gasteiger partial charge on any atom is 0.253 e. The standard InChI is InChI=1S/C22H25NO2.H2/c1-21(2,25)17-10-8-16(9-11-17)20(24)23-13-12-22(14-19(22)15-23)18-6-4-3-5-7-18;/h3-11,19,25H,12-15H2,1-2H3;1H. The molecule has 3 heteroatoms. The zero-order chi connectivity index (χ0) is 17.7. The first-order chi connectivity index (χ1) is 11.9. The number of amides is 1. The number of hydrogen-bond acceptors (Lipinski definition) is 2. The first kappa shape index (κ1) is 16.3. The second-order valence-corrected chi connectivity index (χ2v) is 8.06. The Balaban J connectivity index is 0.00000196. The van der Waals surface area contributed by atoms with Gasteiger partial charge in [0.15, 0.2) is 0 Å². The molecular formula is C22H27NO2. The lowest BCUT2D eigenvalue weighted by Gasteiger charge is -2.32. The summed E-state index contributed by atoms with van der Waals surface area (Å²) in [5, 5.41) is 10.0. The van der Waals surface area contributed by atoms with Crippen molar-refractivity contribution in [3.8, 4) is 0 Å². The summed E-state index contributed by atoms with van der Waals surface area (Å²) in [5.41, 5.74) is 2.40. The Kier molecular flexibility index (Phi) is 3.73. The van der Waals surface area contributed by atoms with E-state index in [4.69, 9.17) is 0 Å². The largest absolute Gasteiger partial charge is 0.386 e. The molecular weight excluding hydrogens is 310 g/mol. The quantitative estimate of drug-likeness (QED) is 0.921. The molecule has 3 nitrogen and oxygen atoms in total. The molecule has 25 heavy (non-hydrogen) atoms. The highest BCUT2D eigenvalue weighted by Crippen LogP contribution is 2.59. The van der Waals surface area contributed by atoms with Crippen molar-refractivity contribution in [2.45, 2.75) is 37.7 Å². The number of likely N-dealkylation sites (tertiary alicyclic amines) is 1. The van der Waals surface area contributed by atoms with Crippen LogP contribution in [0.3, 0.4) is 0 Å². The number of benzene rings is 2. The minimum atomic E-state index is -0.879. The van der Waals surface area contributed by atoms with E-state index in [-0.39, 0.29) is 7.33 Å². The number of carbonyl (C=O) groups is 1. The molecule has 0 bridgehead atoms. The van der Waals surface area contributed by atoms with Crippen molar-refractivity contribution in [3.63, 3.8) is 0 Å². The van der Waals surface area contributed by atoms with Crippen molar-refractivity contribution in [1.29, 1.82) is 0 Å². The number of aliphatic hydroxyl groups is 1. The number of piperidine rings is 1. The van der Waals surface area contributed by atoms with Gasteiger partial charge in [0, 0.05) is 25.5 Å². The number of hydrogen-bond donors (Lipinski definition) is 1. The maximum absolute atomic E-state index is 12.8. The molecule has 2 atom stereocenters. The summed E-state index contributed by atoms with van der Waals surface area (Å²) in [6, 6.07) is 18.1. The van der Waals surface area contributed by atoms with Crippen LogP contribution in [0.2, 0.25) is 0 Å². The summed E-state index contributed by atoms with van der Waals surface area (Å²) < 4.78 is 0. The number of carbonyl (C=O) groups excluding carboxylic acids is 1. The van der Waals surface area contributed by atoms with Crippen LogP contribution in [0, 0.1) is 5.92 Å². The maximum atomic E-state index is 12.8. The van der Waals surface area contributed by atoms with Gasteiger partial charge < -0.3 is 10.0 Å². The van der Waals surface area contributed by atoms with Gasteiger partial charge in [0.25, 0.3) is 5.91 Å². The van der Waals surface area contributed by atoms with Crippen molar-refractivity contribution >= 4 is 5.91 Å². The summed E-state index contributed by atoms with van der Waals surface area (Å²) in [5.74, 6) is 0.694. The summed E-state index contributed by atoms with van der Waals surface area (Å²) >= 11 is 0. The van der Waals surface area contributed by atoms with Crippen molar-refractivity contribution in [2.75, 3.05) is 13.1 Å². The van der Waals surface area contributed by atoms with Crippen molar-refractivity contribution < 1.29 is 11.3 Å². The van der Waals surface area contributed by atoms with Gasteiger partial charge in [0.1, 0.15) is 0 Å². The molecule has 132 valence electrons. The van der Waals surface area contributed by atoms with Gasteiger partial charge in [-0.3, -0.25) is 4.79 Å². The van der Waals surface area contributed by atoms with Gasteiger partial charge in [-0.05, 0) is 55.9 Å². The third kappa shape index (κ3) is 2.87. The van der Waals surface area contributed by atoms with Gasteiger partial charge in [-0.15, -0.1) is 0 Å². The lowest BCUT2D eigenvalue weighted by atomic mass is 9.87. The summed E-state index contributed by atoms with van der Waals surface area (Å²) in [6.07, 6.45) is 2.24. The van der Waals surface area contributed by atoms with Crippen molar-refractivity contribution in [1.82, 2.24) is 4.90 Å². The molecule has 0 radical (unpaired) electrons. The van der Waals surface area contributed by atoms with E-state index in [1.807, 2.05) is 29.2 Å². The van der Waals surface area contributed by atoms with Crippen LogP contribution in [-0.4, -0.2) is 29.0 Å². The molecule has 1 aliphatic heterocycles. The van der Waals surface area contributed by atoms with E-state index in [0.717, 1.165) is 25.1 Å². The SMILES string of the molecule is CC(C)(O)c1ccc(C(=O)N2CCC3(c4ccccc4)CC3C2)cc1.[HH]. The summed E-state index contributed by atoms with van der Waals surface area (Å²) in [6.45, 7) is 5.17. The van der Waals surface area contributed by atoms with E-state index in [1.165, 1.54) is 12.0 Å². The number of fused-ring (bicyclic) bond motifs is 1. The molecule has 1 amide bonds. The normalized spacial score (nSPS) is 25.4. The number of rotatable bonds is 3. The molecule has 0 aromatic heterocycles. The predicted molar refractivity (Wildman–Crippen MR) is 101 cm³/mol. The highest BCUT2D eigenvalue weighted by Gasteiger charge is 2.57. The predicted octanol–water partition coefficient (Wildman–Crippen LogP) is 3.96. The van der Waals surface area contributed by atoms with Crippen LogP contribution in [0.4, 0.5) is 0 Å². The van der Waals surface area contributed by atoms with Crippen LogP contribution in [0.5, 0.6) is 0 Å². The van der Waals surface area contributed by atoms with E-state index in [2.05, 4.69) is 30.3 Å². The molecule has 2 aromatic rings. The Labute approximate surface area is 150 Å². The van der Waals surface area contributed by atoms with Crippen molar-refractivity contribution in [2.24, 2.45) is 5.92 Å². The Morgan fingerprint density at radius 3 is 2.44 bits per heavy atom. The molecule has 1 aliphatic carbocycles.